The lowest BCUT2D eigenvalue weighted by atomic mass is 10.00. The van der Waals surface area contributed by atoms with Gasteiger partial charge in [-0.25, -0.2) is 0 Å². The number of nitrogen functional groups attached to an aromatic ring is 1. The summed E-state index contributed by atoms with van der Waals surface area (Å²) in [6.07, 6.45) is 1.76. The zero-order valence-electron chi connectivity index (χ0n) is 14.8. The predicted octanol–water partition coefficient (Wildman–Crippen LogP) is 1.59. The van der Waals surface area contributed by atoms with Crippen molar-refractivity contribution >= 4 is 23.2 Å². The summed E-state index contributed by atoms with van der Waals surface area (Å²) in [5, 5.41) is 12.2. The van der Waals surface area contributed by atoms with Gasteiger partial charge in [-0.05, 0) is 12.5 Å². The van der Waals surface area contributed by atoms with Crippen molar-refractivity contribution in [1.29, 1.82) is 5.26 Å². The summed E-state index contributed by atoms with van der Waals surface area (Å²) in [7, 11) is 1.64. The van der Waals surface area contributed by atoms with E-state index in [0.717, 1.165) is 18.5 Å². The molecule has 0 unspecified atom stereocenters. The highest BCUT2D eigenvalue weighted by Crippen LogP contribution is 2.38. The van der Waals surface area contributed by atoms with E-state index in [2.05, 4.69) is 16.3 Å². The van der Waals surface area contributed by atoms with E-state index in [1.54, 1.807) is 13.2 Å². The fourth-order valence-electron chi connectivity index (χ4n) is 3.58. The zero-order valence-corrected chi connectivity index (χ0v) is 15.5. The van der Waals surface area contributed by atoms with Gasteiger partial charge in [0.05, 0.1) is 41.1 Å². The molecule has 0 saturated carbocycles. The molecule has 3 N–H and O–H groups in total. The van der Waals surface area contributed by atoms with Crippen LogP contribution in [0.15, 0.2) is 6.07 Å². The minimum Gasteiger partial charge on any atom is -0.492 e. The lowest BCUT2D eigenvalue weighted by molar-refractivity contribution is 0.00705. The average Bonchev–Trinajstić information content (AvgIpc) is 3.13. The molecule has 1 amide bonds. The number of anilines is 1. The topological polar surface area (TPSA) is 101 Å². The van der Waals surface area contributed by atoms with Gasteiger partial charge >= 0.3 is 0 Å². The van der Waals surface area contributed by atoms with Crippen LogP contribution < -0.4 is 15.8 Å². The highest BCUT2D eigenvalue weighted by Gasteiger charge is 2.32. The number of nitriles is 1. The first-order chi connectivity index (χ1) is 12.5. The molecule has 8 heteroatoms. The van der Waals surface area contributed by atoms with Gasteiger partial charge < -0.3 is 20.5 Å². The number of rotatable bonds is 5. The molecule has 0 radical (unpaired) electrons. The molecule has 2 atom stereocenters. The molecule has 2 aliphatic heterocycles. The number of hydrogen-bond acceptors (Lipinski definition) is 6. The van der Waals surface area contributed by atoms with Crippen LogP contribution >= 0.6 is 11.6 Å². The SMILES string of the molecule is CO[C@H]1CN(CCC#N)CC[C@H]1NC(=O)c1cc(Cl)c(N)c2c1OCC2. The number of nitrogens with zero attached hydrogens (tertiary/aromatic N) is 2. The first-order valence-electron chi connectivity index (χ1n) is 8.71. The Hall–Kier alpha value is -2.01. The molecule has 0 aliphatic carbocycles. The molecule has 1 saturated heterocycles. The van der Waals surface area contributed by atoms with E-state index in [0.29, 0.717) is 54.6 Å². The van der Waals surface area contributed by atoms with E-state index >= 15 is 0 Å². The third kappa shape index (κ3) is 3.73. The Balaban J connectivity index is 1.72. The maximum Gasteiger partial charge on any atom is 0.255 e. The number of halogens is 1. The van der Waals surface area contributed by atoms with Crippen molar-refractivity contribution in [1.82, 2.24) is 10.2 Å². The van der Waals surface area contributed by atoms with E-state index in [9.17, 15) is 4.79 Å². The molecule has 26 heavy (non-hydrogen) atoms. The lowest BCUT2D eigenvalue weighted by Gasteiger charge is -2.37. The summed E-state index contributed by atoms with van der Waals surface area (Å²) < 4.78 is 11.2. The van der Waals surface area contributed by atoms with Crippen LogP contribution in [0.5, 0.6) is 5.75 Å². The number of benzene rings is 1. The van der Waals surface area contributed by atoms with E-state index in [4.69, 9.17) is 32.1 Å². The number of nitrogens with two attached hydrogens (primary N) is 1. The normalized spacial score (nSPS) is 22.3. The Labute approximate surface area is 158 Å². The van der Waals surface area contributed by atoms with Crippen LogP contribution in [0, 0.1) is 11.3 Å². The van der Waals surface area contributed by atoms with Crippen molar-refractivity contribution in [3.63, 3.8) is 0 Å². The maximum atomic E-state index is 12.8. The number of hydrogen-bond donors (Lipinski definition) is 2. The summed E-state index contributed by atoms with van der Waals surface area (Å²) >= 11 is 6.19. The molecule has 2 heterocycles. The largest absolute Gasteiger partial charge is 0.492 e. The molecule has 0 bridgehead atoms. The van der Waals surface area contributed by atoms with Gasteiger partial charge in [-0.2, -0.15) is 5.26 Å². The van der Waals surface area contributed by atoms with Crippen molar-refractivity contribution in [2.45, 2.75) is 31.4 Å². The number of ether oxygens (including phenoxy) is 2. The Morgan fingerprint density at radius 2 is 2.42 bits per heavy atom. The van der Waals surface area contributed by atoms with Crippen molar-refractivity contribution in [3.8, 4) is 11.8 Å². The number of piperidine rings is 1. The van der Waals surface area contributed by atoms with Gasteiger partial charge in [0.15, 0.2) is 0 Å². The Kier molecular flexibility index (Phi) is 5.87. The summed E-state index contributed by atoms with van der Waals surface area (Å²) in [6.45, 7) is 2.70. The van der Waals surface area contributed by atoms with Gasteiger partial charge in [-0.3, -0.25) is 9.69 Å². The molecule has 0 aromatic heterocycles. The fraction of sp³-hybridized carbons (Fsp3) is 0.556. The Morgan fingerprint density at radius 3 is 3.15 bits per heavy atom. The lowest BCUT2D eigenvalue weighted by Crippen LogP contribution is -2.54. The third-order valence-corrected chi connectivity index (χ3v) is 5.33. The maximum absolute atomic E-state index is 12.8. The molecule has 3 rings (SSSR count). The van der Waals surface area contributed by atoms with Crippen molar-refractivity contribution in [3.05, 3.63) is 22.2 Å². The fourth-order valence-corrected chi connectivity index (χ4v) is 3.80. The van der Waals surface area contributed by atoms with E-state index in [-0.39, 0.29) is 18.1 Å². The van der Waals surface area contributed by atoms with Crippen LogP contribution in [-0.4, -0.2) is 56.3 Å². The minimum absolute atomic E-state index is 0.112. The van der Waals surface area contributed by atoms with Gasteiger partial charge in [-0.15, -0.1) is 0 Å². The summed E-state index contributed by atoms with van der Waals surface area (Å²) in [4.78, 5) is 15.0. The van der Waals surface area contributed by atoms with Gasteiger partial charge in [0.2, 0.25) is 0 Å². The molecule has 2 aliphatic rings. The zero-order chi connectivity index (χ0) is 18.7. The minimum atomic E-state index is -0.234. The highest BCUT2D eigenvalue weighted by atomic mass is 35.5. The van der Waals surface area contributed by atoms with Gasteiger partial charge in [0, 0.05) is 45.1 Å². The second-order valence-electron chi connectivity index (χ2n) is 6.58. The van der Waals surface area contributed by atoms with Gasteiger partial charge in [0.1, 0.15) is 5.75 Å². The van der Waals surface area contributed by atoms with Crippen LogP contribution in [0.2, 0.25) is 5.02 Å². The van der Waals surface area contributed by atoms with Crippen molar-refractivity contribution in [2.75, 3.05) is 39.1 Å². The Morgan fingerprint density at radius 1 is 1.62 bits per heavy atom. The van der Waals surface area contributed by atoms with E-state index in [1.807, 2.05) is 0 Å². The Bertz CT molecular complexity index is 734. The number of amides is 1. The van der Waals surface area contributed by atoms with Crippen LogP contribution in [-0.2, 0) is 11.2 Å². The summed E-state index contributed by atoms with van der Waals surface area (Å²) in [6, 6.07) is 3.62. The molecule has 1 aromatic carbocycles. The molecular formula is C18H23ClN4O3. The molecule has 140 valence electrons. The quantitative estimate of drug-likeness (QED) is 0.754. The van der Waals surface area contributed by atoms with Gasteiger partial charge in [-0.1, -0.05) is 11.6 Å². The number of fused-ring (bicyclic) bond motifs is 1. The predicted molar refractivity (Wildman–Crippen MR) is 98.4 cm³/mol. The van der Waals surface area contributed by atoms with E-state index < -0.39 is 0 Å². The van der Waals surface area contributed by atoms with Crippen LogP contribution in [0.25, 0.3) is 0 Å². The second-order valence-corrected chi connectivity index (χ2v) is 6.98. The highest BCUT2D eigenvalue weighted by molar-refractivity contribution is 6.33. The first-order valence-corrected chi connectivity index (χ1v) is 9.09. The monoisotopic (exact) mass is 378 g/mol. The third-order valence-electron chi connectivity index (χ3n) is 5.02. The summed E-state index contributed by atoms with van der Waals surface area (Å²) in [5.74, 6) is 0.299. The first kappa shape index (κ1) is 18.8. The van der Waals surface area contributed by atoms with Gasteiger partial charge in [0.25, 0.3) is 5.91 Å². The second kappa shape index (κ2) is 8.12. The number of nitrogens with one attached hydrogen (secondary N) is 1. The molecular weight excluding hydrogens is 356 g/mol. The van der Waals surface area contributed by atoms with E-state index in [1.165, 1.54) is 0 Å². The molecule has 0 spiro atoms. The smallest absolute Gasteiger partial charge is 0.255 e. The number of carbonyl (C=O) groups is 1. The molecule has 1 fully saturated rings. The average molecular weight is 379 g/mol. The number of methoxy groups -OCH3 is 1. The molecule has 7 nitrogen and oxygen atoms in total. The van der Waals surface area contributed by atoms with Crippen molar-refractivity contribution < 1.29 is 14.3 Å². The van der Waals surface area contributed by atoms with Crippen molar-refractivity contribution in [2.24, 2.45) is 0 Å². The number of likely N-dealkylation sites (tertiary alicyclic amines) is 1. The van der Waals surface area contributed by atoms with Crippen LogP contribution in [0.4, 0.5) is 5.69 Å². The number of carbonyl (C=O) groups excluding carboxylic acids is 1. The summed E-state index contributed by atoms with van der Waals surface area (Å²) in [5.41, 5.74) is 7.69. The van der Waals surface area contributed by atoms with Crippen LogP contribution in [0.1, 0.15) is 28.8 Å². The standard InChI is InChI=1S/C18H23ClN4O3/c1-25-15-10-23(6-2-5-20)7-3-14(15)22-18(24)12-9-13(19)16(21)11-4-8-26-17(11)12/h9,14-15H,2-4,6-8,10,21H2,1H3,(H,22,24)/t14-,15+/m1/s1. The van der Waals surface area contributed by atoms with Crippen LogP contribution in [0.3, 0.4) is 0 Å². The molecule has 1 aromatic rings.